The fourth-order valence-electron chi connectivity index (χ4n) is 1.96. The van der Waals surface area contributed by atoms with Crippen LogP contribution in [0.5, 0.6) is 5.75 Å². The summed E-state index contributed by atoms with van der Waals surface area (Å²) in [6, 6.07) is 10.9. The molecule has 0 spiro atoms. The molecule has 0 aromatic heterocycles. The number of halogens is 1. The quantitative estimate of drug-likeness (QED) is 0.307. The number of nitrogens with one attached hydrogen (secondary N) is 1. The molecular formula is C17H15ClN2O6S. The zero-order valence-corrected chi connectivity index (χ0v) is 15.7. The molecule has 0 fully saturated rings. The van der Waals surface area contributed by atoms with Crippen LogP contribution in [0, 0.1) is 10.1 Å². The highest BCUT2D eigenvalue weighted by Crippen LogP contribution is 2.27. The third-order valence-electron chi connectivity index (χ3n) is 3.21. The van der Waals surface area contributed by atoms with Crippen molar-refractivity contribution in [2.75, 3.05) is 24.8 Å². The number of thioether (sulfide) groups is 1. The van der Waals surface area contributed by atoms with Crippen LogP contribution in [0.25, 0.3) is 0 Å². The maximum absolute atomic E-state index is 11.9. The number of anilines is 1. The number of hydrogen-bond donors (Lipinski definition) is 1. The number of amides is 1. The first kappa shape index (κ1) is 20.5. The number of methoxy groups -OCH3 is 1. The Morgan fingerprint density at radius 1 is 1.22 bits per heavy atom. The summed E-state index contributed by atoms with van der Waals surface area (Å²) >= 11 is 7.02. The number of ether oxygens (including phenoxy) is 2. The minimum Gasteiger partial charge on any atom is -0.497 e. The molecule has 10 heteroatoms. The largest absolute Gasteiger partial charge is 0.497 e. The summed E-state index contributed by atoms with van der Waals surface area (Å²) in [5, 5.41) is 13.5. The zero-order valence-electron chi connectivity index (χ0n) is 14.1. The van der Waals surface area contributed by atoms with E-state index in [0.717, 1.165) is 4.90 Å². The first-order valence-electron chi connectivity index (χ1n) is 7.55. The van der Waals surface area contributed by atoms with Crippen molar-refractivity contribution in [1.82, 2.24) is 0 Å². The van der Waals surface area contributed by atoms with Crippen LogP contribution >= 0.6 is 23.4 Å². The van der Waals surface area contributed by atoms with Crippen molar-refractivity contribution in [2.45, 2.75) is 4.90 Å². The normalized spacial score (nSPS) is 10.1. The Hall–Kier alpha value is -2.78. The van der Waals surface area contributed by atoms with E-state index in [1.165, 1.54) is 30.0 Å². The Bertz CT molecular complexity index is 844. The van der Waals surface area contributed by atoms with Gasteiger partial charge in [0.1, 0.15) is 11.4 Å². The lowest BCUT2D eigenvalue weighted by atomic mass is 10.2. The van der Waals surface area contributed by atoms with Gasteiger partial charge in [-0.2, -0.15) is 0 Å². The van der Waals surface area contributed by atoms with Crippen LogP contribution in [0.2, 0.25) is 5.02 Å². The Labute approximate surface area is 163 Å². The van der Waals surface area contributed by atoms with Crippen LogP contribution in [-0.4, -0.2) is 36.3 Å². The second-order valence-corrected chi connectivity index (χ2v) is 6.58. The van der Waals surface area contributed by atoms with Gasteiger partial charge in [-0.25, -0.2) is 0 Å². The summed E-state index contributed by atoms with van der Waals surface area (Å²) in [6.45, 7) is -0.564. The molecule has 2 aromatic carbocycles. The van der Waals surface area contributed by atoms with Crippen LogP contribution < -0.4 is 10.1 Å². The molecule has 0 radical (unpaired) electrons. The third kappa shape index (κ3) is 6.46. The first-order chi connectivity index (χ1) is 12.9. The Kier molecular flexibility index (Phi) is 7.44. The van der Waals surface area contributed by atoms with Gasteiger partial charge in [0.25, 0.3) is 11.6 Å². The van der Waals surface area contributed by atoms with Crippen LogP contribution in [0.4, 0.5) is 11.4 Å². The van der Waals surface area contributed by atoms with E-state index in [-0.39, 0.29) is 22.2 Å². The molecule has 0 saturated heterocycles. The fraction of sp³-hybridized carbons (Fsp3) is 0.176. The van der Waals surface area contributed by atoms with Crippen molar-refractivity contribution in [2.24, 2.45) is 0 Å². The Morgan fingerprint density at radius 3 is 2.56 bits per heavy atom. The number of rotatable bonds is 8. The molecule has 0 aliphatic rings. The fourth-order valence-corrected chi connectivity index (χ4v) is 2.82. The highest BCUT2D eigenvalue weighted by molar-refractivity contribution is 8.00. The molecule has 1 N–H and O–H groups in total. The van der Waals surface area contributed by atoms with Gasteiger partial charge in [-0.05, 0) is 36.4 Å². The first-order valence-corrected chi connectivity index (χ1v) is 8.91. The molecule has 2 rings (SSSR count). The highest BCUT2D eigenvalue weighted by Gasteiger charge is 2.17. The number of nitrogens with zero attached hydrogens (tertiary/aromatic N) is 1. The summed E-state index contributed by atoms with van der Waals surface area (Å²) in [7, 11) is 1.56. The lowest BCUT2D eigenvalue weighted by Gasteiger charge is -2.08. The topological polar surface area (TPSA) is 108 Å². The number of benzene rings is 2. The van der Waals surface area contributed by atoms with Crippen molar-refractivity contribution >= 4 is 46.6 Å². The van der Waals surface area contributed by atoms with Gasteiger partial charge in [0, 0.05) is 16.0 Å². The number of nitro benzene ring substituents is 1. The average Bonchev–Trinajstić information content (AvgIpc) is 2.65. The molecule has 0 saturated carbocycles. The van der Waals surface area contributed by atoms with Gasteiger partial charge in [-0.15, -0.1) is 11.8 Å². The van der Waals surface area contributed by atoms with E-state index in [1.807, 2.05) is 0 Å². The second-order valence-electron chi connectivity index (χ2n) is 5.09. The Balaban J connectivity index is 1.82. The van der Waals surface area contributed by atoms with E-state index in [0.29, 0.717) is 5.75 Å². The predicted octanol–water partition coefficient (Wildman–Crippen LogP) is 3.53. The highest BCUT2D eigenvalue weighted by atomic mass is 35.5. The molecule has 8 nitrogen and oxygen atoms in total. The van der Waals surface area contributed by atoms with Crippen molar-refractivity contribution in [3.8, 4) is 5.75 Å². The summed E-state index contributed by atoms with van der Waals surface area (Å²) in [5.74, 6) is -0.583. The number of nitro groups is 1. The summed E-state index contributed by atoms with van der Waals surface area (Å²) in [6.07, 6.45) is 0. The van der Waals surface area contributed by atoms with Gasteiger partial charge in [-0.3, -0.25) is 19.7 Å². The van der Waals surface area contributed by atoms with E-state index < -0.39 is 23.4 Å². The van der Waals surface area contributed by atoms with E-state index in [9.17, 15) is 19.7 Å². The second kappa shape index (κ2) is 9.79. The lowest BCUT2D eigenvalue weighted by Crippen LogP contribution is -2.22. The van der Waals surface area contributed by atoms with Crippen LogP contribution in [0.3, 0.4) is 0 Å². The standard InChI is InChI=1S/C17H15ClN2O6S/c1-25-12-3-5-13(6-4-12)27-10-17(22)26-9-16(21)19-14-8-11(18)2-7-15(14)20(23)24/h2-8H,9-10H2,1H3,(H,19,21). The lowest BCUT2D eigenvalue weighted by molar-refractivity contribution is -0.383. The van der Waals surface area contributed by atoms with E-state index in [1.54, 1.807) is 31.4 Å². The maximum Gasteiger partial charge on any atom is 0.316 e. The minimum atomic E-state index is -0.705. The zero-order chi connectivity index (χ0) is 19.8. The van der Waals surface area contributed by atoms with Crippen molar-refractivity contribution in [3.05, 3.63) is 57.6 Å². The average molecular weight is 411 g/mol. The molecule has 0 bridgehead atoms. The SMILES string of the molecule is COc1ccc(SCC(=O)OCC(=O)Nc2cc(Cl)ccc2[N+](=O)[O-])cc1. The van der Waals surface area contributed by atoms with Crippen LogP contribution in [0.15, 0.2) is 47.4 Å². The molecule has 2 aromatic rings. The van der Waals surface area contributed by atoms with Gasteiger partial charge in [-0.1, -0.05) is 11.6 Å². The van der Waals surface area contributed by atoms with Crippen molar-refractivity contribution in [3.63, 3.8) is 0 Å². The summed E-state index contributed by atoms with van der Waals surface area (Å²) in [4.78, 5) is 34.8. The molecular weight excluding hydrogens is 396 g/mol. The summed E-state index contributed by atoms with van der Waals surface area (Å²) in [5.41, 5.74) is -0.379. The molecule has 27 heavy (non-hydrogen) atoms. The van der Waals surface area contributed by atoms with Gasteiger partial charge >= 0.3 is 5.97 Å². The predicted molar refractivity (Wildman–Crippen MR) is 101 cm³/mol. The van der Waals surface area contributed by atoms with E-state index in [2.05, 4.69) is 5.32 Å². The molecule has 142 valence electrons. The minimum absolute atomic E-state index is 0.0108. The van der Waals surface area contributed by atoms with E-state index in [4.69, 9.17) is 21.1 Å². The van der Waals surface area contributed by atoms with Gasteiger partial charge in [0.15, 0.2) is 6.61 Å². The molecule has 1 amide bonds. The number of esters is 1. The Morgan fingerprint density at radius 2 is 1.93 bits per heavy atom. The van der Waals surface area contributed by atoms with E-state index >= 15 is 0 Å². The third-order valence-corrected chi connectivity index (χ3v) is 4.43. The van der Waals surface area contributed by atoms with Crippen molar-refractivity contribution < 1.29 is 24.0 Å². The monoisotopic (exact) mass is 410 g/mol. The number of carbonyl (C=O) groups excluding carboxylic acids is 2. The smallest absolute Gasteiger partial charge is 0.316 e. The molecule has 0 heterocycles. The number of carbonyl (C=O) groups is 2. The molecule has 0 aliphatic heterocycles. The maximum atomic E-state index is 11.9. The van der Waals surface area contributed by atoms with Gasteiger partial charge in [0.2, 0.25) is 0 Å². The van der Waals surface area contributed by atoms with Gasteiger partial charge < -0.3 is 14.8 Å². The number of hydrogen-bond acceptors (Lipinski definition) is 7. The molecule has 0 unspecified atom stereocenters. The molecule has 0 aliphatic carbocycles. The van der Waals surface area contributed by atoms with Crippen LogP contribution in [0.1, 0.15) is 0 Å². The summed E-state index contributed by atoms with van der Waals surface area (Å²) < 4.78 is 9.92. The van der Waals surface area contributed by atoms with Gasteiger partial charge in [0.05, 0.1) is 17.8 Å². The van der Waals surface area contributed by atoms with Crippen molar-refractivity contribution in [1.29, 1.82) is 0 Å². The van der Waals surface area contributed by atoms with Crippen LogP contribution in [-0.2, 0) is 14.3 Å². The molecule has 0 atom stereocenters.